The van der Waals surface area contributed by atoms with Crippen molar-refractivity contribution in [1.82, 2.24) is 0 Å². The fourth-order valence-electron chi connectivity index (χ4n) is 7.86. The molecule has 0 aromatic rings. The number of likely N-dealkylation sites (N-methyl/N-ethyl adjacent to an activating group) is 1. The molecular formula is C50H98NO7+. The van der Waals surface area contributed by atoms with E-state index in [-0.39, 0.29) is 36.2 Å². The summed E-state index contributed by atoms with van der Waals surface area (Å²) in [6.07, 6.45) is 44.3. The molecule has 2 unspecified atom stereocenters. The molecule has 0 radical (unpaired) electrons. The summed E-state index contributed by atoms with van der Waals surface area (Å²) in [7, 11) is 5.55. The normalized spacial score (nSPS) is 12.8. The van der Waals surface area contributed by atoms with Gasteiger partial charge in [0.15, 0.2) is 12.1 Å². The first-order valence-electron chi connectivity index (χ1n) is 25.1. The van der Waals surface area contributed by atoms with Gasteiger partial charge in [-0.1, -0.05) is 219 Å². The third-order valence-electron chi connectivity index (χ3n) is 11.8. The lowest BCUT2D eigenvalue weighted by Crippen LogP contribution is -2.50. The van der Waals surface area contributed by atoms with E-state index in [0.29, 0.717) is 19.3 Å². The molecule has 0 amide bonds. The van der Waals surface area contributed by atoms with E-state index in [9.17, 15) is 19.5 Å². The van der Waals surface area contributed by atoms with Crippen molar-refractivity contribution in [3.05, 3.63) is 0 Å². The van der Waals surface area contributed by atoms with Gasteiger partial charge in [-0.3, -0.25) is 9.59 Å². The van der Waals surface area contributed by atoms with Gasteiger partial charge in [0.05, 0.1) is 34.4 Å². The number of nitrogens with zero attached hydrogens (tertiary/aromatic N) is 1. The molecule has 0 bridgehead atoms. The monoisotopic (exact) mass is 825 g/mol. The highest BCUT2D eigenvalue weighted by Gasteiger charge is 2.31. The Hall–Kier alpha value is -1.67. The zero-order valence-electron chi connectivity index (χ0n) is 39.3. The number of unbranched alkanes of at least 4 members (excludes halogenated alkanes) is 32. The third kappa shape index (κ3) is 39.8. The molecular weight excluding hydrogens is 727 g/mol. The number of ether oxygens (including phenoxy) is 3. The van der Waals surface area contributed by atoms with Crippen LogP contribution in [-0.4, -0.2) is 80.6 Å². The highest BCUT2D eigenvalue weighted by Crippen LogP contribution is 2.17. The molecule has 0 fully saturated rings. The first-order chi connectivity index (χ1) is 28.1. The van der Waals surface area contributed by atoms with Crippen LogP contribution in [0, 0.1) is 0 Å². The summed E-state index contributed by atoms with van der Waals surface area (Å²) in [6, 6.07) is -0.608. The second-order valence-electron chi connectivity index (χ2n) is 18.4. The number of carboxylic acid groups (broad SMARTS) is 1. The Kier molecular flexibility index (Phi) is 40.8. The van der Waals surface area contributed by atoms with Crippen LogP contribution in [0.5, 0.6) is 0 Å². The van der Waals surface area contributed by atoms with E-state index in [4.69, 9.17) is 14.2 Å². The summed E-state index contributed by atoms with van der Waals surface area (Å²) in [5.74, 6) is -1.44. The quantitative estimate of drug-likeness (QED) is 0.0371. The Bertz CT molecular complexity index is 920. The van der Waals surface area contributed by atoms with E-state index in [0.717, 1.165) is 38.5 Å². The predicted octanol–water partition coefficient (Wildman–Crippen LogP) is 14.1. The van der Waals surface area contributed by atoms with Crippen molar-refractivity contribution in [2.24, 2.45) is 0 Å². The number of carboxylic acids is 1. The lowest BCUT2D eigenvalue weighted by molar-refractivity contribution is -0.887. The Morgan fingerprint density at radius 1 is 0.448 bits per heavy atom. The Balaban J connectivity index is 4.21. The standard InChI is InChI=1S/C50H97NO7/c1-6-8-10-12-14-16-18-20-22-24-26-28-30-32-34-36-38-40-48(52)57-45-46(44-56-43-42-47(50(54)55)51(3,4)5)58-49(53)41-39-37-35-33-31-29-27-25-23-21-19-17-15-13-11-9-7-2/h46-47H,6-45H2,1-5H3/p+1. The first-order valence-corrected chi connectivity index (χ1v) is 25.1. The van der Waals surface area contributed by atoms with Crippen molar-refractivity contribution in [3.63, 3.8) is 0 Å². The Morgan fingerprint density at radius 3 is 1.07 bits per heavy atom. The predicted molar refractivity (Wildman–Crippen MR) is 243 cm³/mol. The van der Waals surface area contributed by atoms with Crippen LogP contribution in [0.2, 0.25) is 0 Å². The van der Waals surface area contributed by atoms with Crippen molar-refractivity contribution in [1.29, 1.82) is 0 Å². The maximum atomic E-state index is 12.8. The molecule has 0 aliphatic heterocycles. The second kappa shape index (κ2) is 42.0. The van der Waals surface area contributed by atoms with Crippen LogP contribution in [0.25, 0.3) is 0 Å². The van der Waals surface area contributed by atoms with Crippen molar-refractivity contribution in [2.45, 2.75) is 264 Å². The van der Waals surface area contributed by atoms with Gasteiger partial charge in [0.2, 0.25) is 0 Å². The van der Waals surface area contributed by atoms with Crippen LogP contribution in [0.1, 0.15) is 251 Å². The molecule has 0 rings (SSSR count). The highest BCUT2D eigenvalue weighted by atomic mass is 16.6. The average Bonchev–Trinajstić information content (AvgIpc) is 3.18. The van der Waals surface area contributed by atoms with E-state index in [2.05, 4.69) is 13.8 Å². The summed E-state index contributed by atoms with van der Waals surface area (Å²) < 4.78 is 17.4. The molecule has 2 atom stereocenters. The summed E-state index contributed by atoms with van der Waals surface area (Å²) in [4.78, 5) is 37.1. The Labute approximate surface area is 359 Å². The van der Waals surface area contributed by atoms with E-state index < -0.39 is 18.1 Å². The SMILES string of the molecule is CCCCCCCCCCCCCCCCCCCC(=O)OCC(COCCC(C(=O)O)[N+](C)(C)C)OC(=O)CCCCCCCCCCCCCCCCCCC. The van der Waals surface area contributed by atoms with Gasteiger partial charge in [0, 0.05) is 19.3 Å². The molecule has 0 heterocycles. The number of hydrogen-bond acceptors (Lipinski definition) is 6. The largest absolute Gasteiger partial charge is 0.477 e. The van der Waals surface area contributed by atoms with E-state index in [1.165, 1.54) is 180 Å². The highest BCUT2D eigenvalue weighted by molar-refractivity contribution is 5.72. The van der Waals surface area contributed by atoms with Crippen LogP contribution in [0.15, 0.2) is 0 Å². The number of quaternary nitrogens is 1. The zero-order valence-corrected chi connectivity index (χ0v) is 39.3. The van der Waals surface area contributed by atoms with Gasteiger partial charge in [0.25, 0.3) is 0 Å². The number of carbonyl (C=O) groups excluding carboxylic acids is 2. The molecule has 1 N–H and O–H groups in total. The van der Waals surface area contributed by atoms with Crippen LogP contribution in [0.3, 0.4) is 0 Å². The fourth-order valence-corrected chi connectivity index (χ4v) is 7.86. The second-order valence-corrected chi connectivity index (χ2v) is 18.4. The summed E-state index contributed by atoms with van der Waals surface area (Å²) in [5.41, 5.74) is 0. The van der Waals surface area contributed by atoms with E-state index in [1.54, 1.807) is 0 Å². The molecule has 8 heteroatoms. The number of rotatable bonds is 46. The molecule has 0 spiro atoms. The number of aliphatic carboxylic acids is 1. The third-order valence-corrected chi connectivity index (χ3v) is 11.8. The molecule has 58 heavy (non-hydrogen) atoms. The van der Waals surface area contributed by atoms with E-state index >= 15 is 0 Å². The minimum absolute atomic E-state index is 0.0414. The summed E-state index contributed by atoms with van der Waals surface area (Å²) in [5, 5.41) is 9.64. The molecule has 344 valence electrons. The number of esters is 2. The van der Waals surface area contributed by atoms with Crippen molar-refractivity contribution < 1.29 is 38.2 Å². The van der Waals surface area contributed by atoms with Gasteiger partial charge in [-0.05, 0) is 12.8 Å². The summed E-state index contributed by atoms with van der Waals surface area (Å²) >= 11 is 0. The molecule has 0 aromatic heterocycles. The smallest absolute Gasteiger partial charge is 0.362 e. The number of hydrogen-bond donors (Lipinski definition) is 1. The zero-order chi connectivity index (χ0) is 42.8. The molecule has 8 nitrogen and oxygen atoms in total. The summed E-state index contributed by atoms with van der Waals surface area (Å²) in [6.45, 7) is 4.79. The first kappa shape index (κ1) is 56.3. The molecule has 0 saturated carbocycles. The molecule has 0 aliphatic carbocycles. The van der Waals surface area contributed by atoms with Crippen molar-refractivity contribution in [3.8, 4) is 0 Å². The molecule has 0 aliphatic rings. The topological polar surface area (TPSA) is 99.1 Å². The number of carbonyl (C=O) groups is 3. The minimum Gasteiger partial charge on any atom is -0.477 e. The lowest BCUT2D eigenvalue weighted by Gasteiger charge is -2.31. The van der Waals surface area contributed by atoms with Crippen LogP contribution in [-0.2, 0) is 28.6 Å². The maximum Gasteiger partial charge on any atom is 0.362 e. The van der Waals surface area contributed by atoms with Crippen molar-refractivity contribution >= 4 is 17.9 Å². The van der Waals surface area contributed by atoms with Crippen LogP contribution < -0.4 is 0 Å². The van der Waals surface area contributed by atoms with Crippen molar-refractivity contribution in [2.75, 3.05) is 41.0 Å². The van der Waals surface area contributed by atoms with Crippen LogP contribution >= 0.6 is 0 Å². The Morgan fingerprint density at radius 2 is 0.759 bits per heavy atom. The fraction of sp³-hybridized carbons (Fsp3) is 0.940. The van der Waals surface area contributed by atoms with Gasteiger partial charge < -0.3 is 23.8 Å². The van der Waals surface area contributed by atoms with Gasteiger partial charge in [-0.25, -0.2) is 4.79 Å². The average molecular weight is 825 g/mol. The van der Waals surface area contributed by atoms with Gasteiger partial charge >= 0.3 is 17.9 Å². The van der Waals surface area contributed by atoms with E-state index in [1.807, 2.05) is 21.1 Å². The molecule has 0 aromatic carbocycles. The lowest BCUT2D eigenvalue weighted by atomic mass is 10.0. The van der Waals surface area contributed by atoms with Gasteiger partial charge in [-0.15, -0.1) is 0 Å². The molecule has 0 saturated heterocycles. The van der Waals surface area contributed by atoms with Gasteiger partial charge in [0.1, 0.15) is 6.61 Å². The minimum atomic E-state index is -0.869. The maximum absolute atomic E-state index is 12.8. The van der Waals surface area contributed by atoms with Crippen LogP contribution in [0.4, 0.5) is 0 Å². The van der Waals surface area contributed by atoms with Gasteiger partial charge in [-0.2, -0.15) is 0 Å².